The van der Waals surface area contributed by atoms with Crippen LogP contribution in [0.5, 0.6) is 0 Å². The molecule has 0 fully saturated rings. The van der Waals surface area contributed by atoms with E-state index in [1.54, 1.807) is 37.3 Å². The fraction of sp³-hybridized carbons (Fsp3) is 0.111. The number of allylic oxidation sites excluding steroid dienone is 1. The first-order chi connectivity index (χ1) is 12.4. The first-order valence-corrected chi connectivity index (χ1v) is 8.83. The molecule has 1 aliphatic heterocycles. The van der Waals surface area contributed by atoms with Gasteiger partial charge in [0.15, 0.2) is 5.11 Å². The Bertz CT molecular complexity index is 912. The van der Waals surface area contributed by atoms with Crippen molar-refractivity contribution in [3.8, 4) is 0 Å². The summed E-state index contributed by atoms with van der Waals surface area (Å²) in [5, 5.41) is 9.43. The van der Waals surface area contributed by atoms with Crippen molar-refractivity contribution in [1.82, 2.24) is 10.6 Å². The van der Waals surface area contributed by atoms with Gasteiger partial charge in [0, 0.05) is 16.3 Å². The van der Waals surface area contributed by atoms with Gasteiger partial charge in [-0.15, -0.1) is 0 Å². The van der Waals surface area contributed by atoms with Crippen molar-refractivity contribution in [2.45, 2.75) is 13.0 Å². The predicted octanol–water partition coefficient (Wildman–Crippen LogP) is 4.56. The Kier molecular flexibility index (Phi) is 5.46. The molecule has 0 aliphatic carbocycles. The van der Waals surface area contributed by atoms with E-state index in [0.29, 0.717) is 16.4 Å². The van der Waals surface area contributed by atoms with Gasteiger partial charge in [-0.1, -0.05) is 41.4 Å². The van der Waals surface area contributed by atoms with Crippen molar-refractivity contribution in [3.05, 3.63) is 75.2 Å². The molecule has 8 heteroatoms. The molecule has 0 radical (unpaired) electrons. The van der Waals surface area contributed by atoms with Crippen molar-refractivity contribution in [2.24, 2.45) is 0 Å². The maximum atomic E-state index is 14.5. The normalized spacial score (nSPS) is 16.8. The third-order valence-electron chi connectivity index (χ3n) is 3.92. The summed E-state index contributed by atoms with van der Waals surface area (Å²) >= 11 is 17.5. The van der Waals surface area contributed by atoms with Gasteiger partial charge < -0.3 is 16.0 Å². The van der Waals surface area contributed by atoms with Crippen LogP contribution < -0.4 is 16.0 Å². The molecule has 0 spiro atoms. The molecule has 0 saturated carbocycles. The van der Waals surface area contributed by atoms with Crippen LogP contribution in [0.1, 0.15) is 18.5 Å². The van der Waals surface area contributed by atoms with Crippen LogP contribution in [-0.2, 0) is 4.79 Å². The summed E-state index contributed by atoms with van der Waals surface area (Å²) < 4.78 is 14.5. The van der Waals surface area contributed by atoms with Gasteiger partial charge in [-0.3, -0.25) is 4.79 Å². The van der Waals surface area contributed by atoms with Crippen LogP contribution in [0.3, 0.4) is 0 Å². The van der Waals surface area contributed by atoms with Crippen molar-refractivity contribution in [2.75, 3.05) is 5.32 Å². The van der Waals surface area contributed by atoms with E-state index in [0.717, 1.165) is 0 Å². The number of benzene rings is 2. The third kappa shape index (κ3) is 3.67. The largest absolute Gasteiger partial charge is 0.351 e. The number of halogens is 3. The van der Waals surface area contributed by atoms with Crippen LogP contribution in [0.15, 0.2) is 53.7 Å². The van der Waals surface area contributed by atoms with Crippen LogP contribution in [0.4, 0.5) is 10.1 Å². The number of hydrogen-bond donors (Lipinski definition) is 3. The van der Waals surface area contributed by atoms with Gasteiger partial charge in [-0.05, 0) is 43.4 Å². The molecule has 0 saturated heterocycles. The molecule has 3 rings (SSSR count). The van der Waals surface area contributed by atoms with Gasteiger partial charge in [0.1, 0.15) is 5.82 Å². The number of carbonyl (C=O) groups is 1. The average Bonchev–Trinajstić information content (AvgIpc) is 2.56. The van der Waals surface area contributed by atoms with E-state index in [2.05, 4.69) is 16.0 Å². The van der Waals surface area contributed by atoms with Gasteiger partial charge >= 0.3 is 0 Å². The van der Waals surface area contributed by atoms with Crippen molar-refractivity contribution < 1.29 is 9.18 Å². The van der Waals surface area contributed by atoms with E-state index in [9.17, 15) is 9.18 Å². The number of anilines is 1. The molecule has 26 heavy (non-hydrogen) atoms. The molecule has 0 aromatic heterocycles. The zero-order valence-electron chi connectivity index (χ0n) is 13.6. The number of nitrogens with one attached hydrogen (secondary N) is 3. The number of thiocarbonyl (C=S) groups is 1. The van der Waals surface area contributed by atoms with Crippen LogP contribution >= 0.6 is 35.4 Å². The van der Waals surface area contributed by atoms with Crippen LogP contribution in [0.2, 0.25) is 10.0 Å². The summed E-state index contributed by atoms with van der Waals surface area (Å²) in [6.45, 7) is 1.69. The molecule has 0 bridgehead atoms. The fourth-order valence-corrected chi connectivity index (χ4v) is 3.48. The standard InChI is InChI=1S/C18H14Cl2FN3OS/c1-9-14(17(25)23-13-8-3-2-5-10(13)19)16(24-18(26)22-9)15-11(20)6-4-7-12(15)21/h2-8,16H,1H3,(H,23,25)(H2,22,24,26)/t16-/m1/s1. The second-order valence-corrected chi connectivity index (χ2v) is 6.86. The summed E-state index contributed by atoms with van der Waals surface area (Å²) in [6, 6.07) is 10.4. The summed E-state index contributed by atoms with van der Waals surface area (Å²) in [5.74, 6) is -0.974. The molecular weight excluding hydrogens is 396 g/mol. The Morgan fingerprint density at radius 2 is 1.85 bits per heavy atom. The molecular formula is C18H14Cl2FN3OS. The van der Waals surface area contributed by atoms with Crippen molar-refractivity contribution in [3.63, 3.8) is 0 Å². The second-order valence-electron chi connectivity index (χ2n) is 5.64. The zero-order chi connectivity index (χ0) is 18.8. The Balaban J connectivity index is 2.04. The second kappa shape index (κ2) is 7.61. The molecule has 1 heterocycles. The molecule has 3 N–H and O–H groups in total. The Labute approximate surface area is 165 Å². The topological polar surface area (TPSA) is 53.2 Å². The van der Waals surface area contributed by atoms with Crippen LogP contribution in [-0.4, -0.2) is 11.0 Å². The molecule has 4 nitrogen and oxygen atoms in total. The lowest BCUT2D eigenvalue weighted by Gasteiger charge is -2.31. The van der Waals surface area contributed by atoms with E-state index < -0.39 is 17.8 Å². The maximum absolute atomic E-state index is 14.5. The summed E-state index contributed by atoms with van der Waals surface area (Å²) in [4.78, 5) is 12.9. The highest BCUT2D eigenvalue weighted by Gasteiger charge is 2.33. The highest BCUT2D eigenvalue weighted by atomic mass is 35.5. The monoisotopic (exact) mass is 409 g/mol. The highest BCUT2D eigenvalue weighted by Crippen LogP contribution is 2.34. The first kappa shape index (κ1) is 18.6. The van der Waals surface area contributed by atoms with Gasteiger partial charge in [0.05, 0.1) is 22.3 Å². The SMILES string of the molecule is CC1=C(C(=O)Nc2ccccc2Cl)[C@H](c2c(F)cccc2Cl)NC(=S)N1. The molecule has 1 atom stereocenters. The van der Waals surface area contributed by atoms with E-state index in [-0.39, 0.29) is 21.3 Å². The summed E-state index contributed by atoms with van der Waals surface area (Å²) in [6.07, 6.45) is 0. The molecule has 2 aromatic carbocycles. The average molecular weight is 410 g/mol. The van der Waals surface area contributed by atoms with Gasteiger partial charge in [0.2, 0.25) is 0 Å². The van der Waals surface area contributed by atoms with Crippen LogP contribution in [0.25, 0.3) is 0 Å². The van der Waals surface area contributed by atoms with E-state index in [1.165, 1.54) is 12.1 Å². The highest BCUT2D eigenvalue weighted by molar-refractivity contribution is 7.80. The van der Waals surface area contributed by atoms with Crippen molar-refractivity contribution >= 4 is 52.1 Å². The lowest BCUT2D eigenvalue weighted by atomic mass is 9.94. The molecule has 1 aliphatic rings. The number of rotatable bonds is 3. The summed E-state index contributed by atoms with van der Waals surface area (Å²) in [5.41, 5.74) is 1.38. The third-order valence-corrected chi connectivity index (χ3v) is 4.80. The molecule has 0 unspecified atom stereocenters. The number of para-hydroxylation sites is 1. The van der Waals surface area contributed by atoms with Crippen LogP contribution in [0, 0.1) is 5.82 Å². The minimum absolute atomic E-state index is 0.154. The number of carbonyl (C=O) groups excluding carboxylic acids is 1. The quantitative estimate of drug-likeness (QED) is 0.650. The molecule has 134 valence electrons. The number of hydrogen-bond acceptors (Lipinski definition) is 2. The number of amides is 1. The Hall–Kier alpha value is -2.15. The van der Waals surface area contributed by atoms with Crippen molar-refractivity contribution in [1.29, 1.82) is 0 Å². The lowest BCUT2D eigenvalue weighted by molar-refractivity contribution is -0.113. The summed E-state index contributed by atoms with van der Waals surface area (Å²) in [7, 11) is 0. The lowest BCUT2D eigenvalue weighted by Crippen LogP contribution is -2.46. The van der Waals surface area contributed by atoms with Gasteiger partial charge in [-0.25, -0.2) is 4.39 Å². The zero-order valence-corrected chi connectivity index (χ0v) is 15.9. The van der Waals surface area contributed by atoms with E-state index in [1.807, 2.05) is 0 Å². The van der Waals surface area contributed by atoms with Gasteiger partial charge in [0.25, 0.3) is 5.91 Å². The Morgan fingerprint density at radius 3 is 2.54 bits per heavy atom. The van der Waals surface area contributed by atoms with Gasteiger partial charge in [-0.2, -0.15) is 0 Å². The minimum Gasteiger partial charge on any atom is -0.351 e. The smallest absolute Gasteiger partial charge is 0.255 e. The van der Waals surface area contributed by atoms with E-state index in [4.69, 9.17) is 35.4 Å². The predicted molar refractivity (Wildman–Crippen MR) is 106 cm³/mol. The van der Waals surface area contributed by atoms with E-state index >= 15 is 0 Å². The fourth-order valence-electron chi connectivity index (χ4n) is 2.75. The minimum atomic E-state index is -0.833. The first-order valence-electron chi connectivity index (χ1n) is 7.66. The Morgan fingerprint density at radius 1 is 1.15 bits per heavy atom. The maximum Gasteiger partial charge on any atom is 0.255 e. The molecule has 1 amide bonds. The molecule has 2 aromatic rings.